The number of rotatable bonds is 5. The Morgan fingerprint density at radius 1 is 1.04 bits per heavy atom. The van der Waals surface area contributed by atoms with Gasteiger partial charge < -0.3 is 4.90 Å². The number of fused-ring (bicyclic) bond motifs is 1. The van der Waals surface area contributed by atoms with Crippen LogP contribution in [0.15, 0.2) is 59.5 Å². The molecule has 2 aromatic carbocycles. The van der Waals surface area contributed by atoms with Crippen LogP contribution in [0.1, 0.15) is 12.8 Å². The maximum absolute atomic E-state index is 12.6. The molecule has 1 N–H and O–H groups in total. The van der Waals surface area contributed by atoms with Crippen LogP contribution >= 0.6 is 0 Å². The summed E-state index contributed by atoms with van der Waals surface area (Å²) < 4.78 is 29.2. The zero-order valence-corrected chi connectivity index (χ0v) is 16.0. The van der Waals surface area contributed by atoms with Crippen molar-refractivity contribution in [3.63, 3.8) is 0 Å². The van der Waals surface area contributed by atoms with Gasteiger partial charge in [-0.15, -0.1) is 5.10 Å². The molecule has 0 unspecified atom stereocenters. The molecule has 28 heavy (non-hydrogen) atoms. The largest absolute Gasteiger partial charge is 0.341 e. The monoisotopic (exact) mass is 399 g/mol. The number of nitrogens with one attached hydrogen (secondary N) is 1. The molecule has 0 atom stereocenters. The van der Waals surface area contributed by atoms with Crippen LogP contribution in [0.3, 0.4) is 0 Å². The van der Waals surface area contributed by atoms with Gasteiger partial charge in [0.25, 0.3) is 0 Å². The third-order valence-electron chi connectivity index (χ3n) is 4.93. The highest BCUT2D eigenvalue weighted by atomic mass is 32.2. The van der Waals surface area contributed by atoms with E-state index in [1.165, 1.54) is 0 Å². The average molecular weight is 399 g/mol. The fraction of sp³-hybridized carbons (Fsp3) is 0.316. The second-order valence-corrected chi connectivity index (χ2v) is 8.54. The molecule has 9 heteroatoms. The third-order valence-corrected chi connectivity index (χ3v) is 6.46. The summed E-state index contributed by atoms with van der Waals surface area (Å²) in [6.07, 6.45) is 1.16. The molecule has 0 spiro atoms. The smallest absolute Gasteiger partial charge is 0.244 e. The van der Waals surface area contributed by atoms with Crippen molar-refractivity contribution in [2.24, 2.45) is 0 Å². The maximum atomic E-state index is 12.6. The number of hydrogen-bond acceptors (Lipinski definition) is 5. The van der Waals surface area contributed by atoms with E-state index in [0.29, 0.717) is 25.9 Å². The molecule has 1 amide bonds. The first-order chi connectivity index (χ1) is 13.5. The fourth-order valence-electron chi connectivity index (χ4n) is 3.40. The van der Waals surface area contributed by atoms with Gasteiger partial charge in [0.05, 0.1) is 10.4 Å². The molecule has 2 heterocycles. The highest BCUT2D eigenvalue weighted by Gasteiger charge is 2.27. The van der Waals surface area contributed by atoms with Crippen LogP contribution in [0.5, 0.6) is 0 Å². The number of sulfonamides is 1. The van der Waals surface area contributed by atoms with Gasteiger partial charge in [-0.25, -0.2) is 17.8 Å². The van der Waals surface area contributed by atoms with E-state index in [0.717, 1.165) is 11.0 Å². The first kappa shape index (κ1) is 18.6. The van der Waals surface area contributed by atoms with Crippen LogP contribution in [-0.2, 0) is 21.4 Å². The van der Waals surface area contributed by atoms with Crippen molar-refractivity contribution < 1.29 is 13.2 Å². The lowest BCUT2D eigenvalue weighted by atomic mass is 10.1. The van der Waals surface area contributed by atoms with Crippen LogP contribution in [0, 0.1) is 0 Å². The predicted octanol–water partition coefficient (Wildman–Crippen LogP) is 1.40. The van der Waals surface area contributed by atoms with Crippen molar-refractivity contribution in [3.05, 3.63) is 54.6 Å². The van der Waals surface area contributed by atoms with E-state index < -0.39 is 10.0 Å². The molecular formula is C19H21N5O3S. The molecule has 1 fully saturated rings. The van der Waals surface area contributed by atoms with Crippen LogP contribution in [0.25, 0.3) is 11.0 Å². The molecule has 1 saturated heterocycles. The molecule has 0 bridgehead atoms. The SMILES string of the molecule is O=C(Cn1nnc2ccccc21)N1CCC(NS(=O)(=O)c2ccccc2)CC1. The minimum absolute atomic E-state index is 0.0416. The highest BCUT2D eigenvalue weighted by Crippen LogP contribution is 2.16. The molecule has 146 valence electrons. The first-order valence-corrected chi connectivity index (χ1v) is 10.6. The van der Waals surface area contributed by atoms with Crippen molar-refractivity contribution in [1.82, 2.24) is 24.6 Å². The van der Waals surface area contributed by atoms with Crippen molar-refractivity contribution in [3.8, 4) is 0 Å². The zero-order valence-electron chi connectivity index (χ0n) is 15.2. The van der Waals surface area contributed by atoms with Crippen molar-refractivity contribution in [2.45, 2.75) is 30.3 Å². The Morgan fingerprint density at radius 3 is 2.46 bits per heavy atom. The van der Waals surface area contributed by atoms with Gasteiger partial charge >= 0.3 is 0 Å². The van der Waals surface area contributed by atoms with Gasteiger partial charge in [0.1, 0.15) is 12.1 Å². The third kappa shape index (κ3) is 3.90. The Bertz CT molecular complexity index is 1070. The normalized spacial score (nSPS) is 15.8. The number of aromatic nitrogens is 3. The summed E-state index contributed by atoms with van der Waals surface area (Å²) in [5.74, 6) is -0.0416. The van der Waals surface area contributed by atoms with E-state index in [1.807, 2.05) is 24.3 Å². The van der Waals surface area contributed by atoms with E-state index in [4.69, 9.17) is 0 Å². The average Bonchev–Trinajstić information content (AvgIpc) is 3.12. The zero-order chi connectivity index (χ0) is 19.6. The molecule has 0 aliphatic carbocycles. The van der Waals surface area contributed by atoms with Crippen LogP contribution < -0.4 is 4.72 Å². The lowest BCUT2D eigenvalue weighted by Crippen LogP contribution is -2.47. The summed E-state index contributed by atoms with van der Waals surface area (Å²) in [6, 6.07) is 15.6. The topological polar surface area (TPSA) is 97.2 Å². The minimum Gasteiger partial charge on any atom is -0.341 e. The molecule has 3 aromatic rings. The number of benzene rings is 2. The summed E-state index contributed by atoms with van der Waals surface area (Å²) in [5, 5.41) is 8.12. The lowest BCUT2D eigenvalue weighted by Gasteiger charge is -2.32. The molecule has 1 aliphatic heterocycles. The van der Waals surface area contributed by atoms with Crippen molar-refractivity contribution in [2.75, 3.05) is 13.1 Å². The number of hydrogen-bond donors (Lipinski definition) is 1. The van der Waals surface area contributed by atoms with Gasteiger partial charge in [-0.1, -0.05) is 35.5 Å². The van der Waals surface area contributed by atoms with Gasteiger partial charge in [-0.2, -0.15) is 0 Å². The second kappa shape index (κ2) is 7.69. The van der Waals surface area contributed by atoms with E-state index in [-0.39, 0.29) is 23.4 Å². The Labute approximate surface area is 163 Å². The number of nitrogens with zero attached hydrogens (tertiary/aromatic N) is 4. The molecule has 0 saturated carbocycles. The summed E-state index contributed by atoms with van der Waals surface area (Å²) >= 11 is 0. The molecular weight excluding hydrogens is 378 g/mol. The molecule has 8 nitrogen and oxygen atoms in total. The number of piperidine rings is 1. The maximum Gasteiger partial charge on any atom is 0.244 e. The van der Waals surface area contributed by atoms with Crippen LogP contribution in [0.2, 0.25) is 0 Å². The van der Waals surface area contributed by atoms with Gasteiger partial charge in [0.2, 0.25) is 15.9 Å². The Hall–Kier alpha value is -2.78. The van der Waals surface area contributed by atoms with Gasteiger partial charge in [0, 0.05) is 19.1 Å². The minimum atomic E-state index is -3.54. The van der Waals surface area contributed by atoms with E-state index in [2.05, 4.69) is 15.0 Å². The van der Waals surface area contributed by atoms with Crippen molar-refractivity contribution >= 4 is 27.0 Å². The van der Waals surface area contributed by atoms with Crippen LogP contribution in [0.4, 0.5) is 0 Å². The number of carbonyl (C=O) groups excluding carboxylic acids is 1. The van der Waals surface area contributed by atoms with E-state index >= 15 is 0 Å². The molecule has 0 radical (unpaired) electrons. The van der Waals surface area contributed by atoms with Crippen LogP contribution in [-0.4, -0.2) is 53.4 Å². The molecule has 4 rings (SSSR count). The fourth-order valence-corrected chi connectivity index (χ4v) is 4.72. The van der Waals surface area contributed by atoms with Gasteiger partial charge in [0.15, 0.2) is 0 Å². The first-order valence-electron chi connectivity index (χ1n) is 9.16. The van der Waals surface area contributed by atoms with Crippen molar-refractivity contribution in [1.29, 1.82) is 0 Å². The summed E-state index contributed by atoms with van der Waals surface area (Å²) in [7, 11) is -3.54. The van der Waals surface area contributed by atoms with E-state index in [1.54, 1.807) is 39.9 Å². The summed E-state index contributed by atoms with van der Waals surface area (Å²) in [5.41, 5.74) is 1.57. The predicted molar refractivity (Wildman–Crippen MR) is 104 cm³/mol. The van der Waals surface area contributed by atoms with Gasteiger partial charge in [-0.3, -0.25) is 4.79 Å². The summed E-state index contributed by atoms with van der Waals surface area (Å²) in [4.78, 5) is 14.6. The van der Waals surface area contributed by atoms with Gasteiger partial charge in [-0.05, 0) is 37.1 Å². The molecule has 1 aromatic heterocycles. The van der Waals surface area contributed by atoms with E-state index in [9.17, 15) is 13.2 Å². The number of likely N-dealkylation sites (tertiary alicyclic amines) is 1. The Balaban J connectivity index is 1.34. The lowest BCUT2D eigenvalue weighted by molar-refractivity contribution is -0.133. The molecule has 1 aliphatic rings. The number of carbonyl (C=O) groups is 1. The second-order valence-electron chi connectivity index (χ2n) is 6.83. The highest BCUT2D eigenvalue weighted by molar-refractivity contribution is 7.89. The standard InChI is InChI=1S/C19H21N5O3S/c25-19(14-24-18-9-5-4-8-17(18)20-22-24)23-12-10-15(11-13-23)21-28(26,27)16-6-2-1-3-7-16/h1-9,15,21H,10-14H2. The summed E-state index contributed by atoms with van der Waals surface area (Å²) in [6.45, 7) is 1.14. The Kier molecular flexibility index (Phi) is 5.10. The Morgan fingerprint density at radius 2 is 1.71 bits per heavy atom. The quantitative estimate of drug-likeness (QED) is 0.699. The number of amides is 1. The number of para-hydroxylation sites is 1.